The van der Waals surface area contributed by atoms with E-state index in [1.54, 1.807) is 0 Å². The van der Waals surface area contributed by atoms with Crippen LogP contribution in [0.25, 0.3) is 0 Å². The van der Waals surface area contributed by atoms with E-state index in [2.05, 4.69) is 4.98 Å². The molecule has 1 aromatic heterocycles. The maximum atomic E-state index is 5.72. The minimum absolute atomic E-state index is 0.462. The molecular formula is C12H18N2O2. The molecule has 0 aliphatic carbocycles. The van der Waals surface area contributed by atoms with Gasteiger partial charge in [-0.2, -0.15) is 0 Å². The van der Waals surface area contributed by atoms with E-state index >= 15 is 0 Å². The number of pyridine rings is 1. The Morgan fingerprint density at radius 2 is 2.44 bits per heavy atom. The van der Waals surface area contributed by atoms with E-state index in [0.717, 1.165) is 30.9 Å². The molecule has 1 saturated heterocycles. The van der Waals surface area contributed by atoms with Gasteiger partial charge in [0.25, 0.3) is 0 Å². The molecule has 2 N–H and O–H groups in total. The second kappa shape index (κ2) is 5.27. The number of hydrogen-bond donors (Lipinski definition) is 1. The van der Waals surface area contributed by atoms with Crippen LogP contribution in [0, 0.1) is 12.8 Å². The Balaban J connectivity index is 1.98. The highest BCUT2D eigenvalue weighted by Crippen LogP contribution is 2.18. The predicted octanol–water partition coefficient (Wildman–Crippen LogP) is 1.26. The molecule has 16 heavy (non-hydrogen) atoms. The van der Waals surface area contributed by atoms with Crippen LogP contribution in [0.5, 0.6) is 5.88 Å². The first kappa shape index (κ1) is 11.4. The maximum absolute atomic E-state index is 5.72. The van der Waals surface area contributed by atoms with Gasteiger partial charge in [0.15, 0.2) is 0 Å². The van der Waals surface area contributed by atoms with Crippen molar-refractivity contribution in [2.45, 2.75) is 19.9 Å². The van der Waals surface area contributed by atoms with Crippen molar-refractivity contribution in [2.24, 2.45) is 11.7 Å². The molecule has 0 amide bonds. The molecule has 1 atom stereocenters. The first-order valence-electron chi connectivity index (χ1n) is 5.66. The third-order valence-corrected chi connectivity index (χ3v) is 2.78. The summed E-state index contributed by atoms with van der Waals surface area (Å²) in [5, 5.41) is 0. The van der Waals surface area contributed by atoms with Crippen LogP contribution in [-0.2, 0) is 11.3 Å². The minimum atomic E-state index is 0.462. The first-order valence-corrected chi connectivity index (χ1v) is 5.66. The molecule has 2 heterocycles. The Morgan fingerprint density at radius 3 is 3.12 bits per heavy atom. The van der Waals surface area contributed by atoms with Gasteiger partial charge in [-0.15, -0.1) is 0 Å². The Bertz CT molecular complexity index is 349. The molecule has 1 aliphatic heterocycles. The summed E-state index contributed by atoms with van der Waals surface area (Å²) in [5.41, 5.74) is 7.56. The van der Waals surface area contributed by atoms with Gasteiger partial charge in [-0.1, -0.05) is 6.07 Å². The first-order chi connectivity index (χ1) is 7.79. The molecule has 1 aliphatic rings. The Morgan fingerprint density at radius 1 is 1.56 bits per heavy atom. The summed E-state index contributed by atoms with van der Waals surface area (Å²) in [7, 11) is 0. The summed E-state index contributed by atoms with van der Waals surface area (Å²) < 4.78 is 11.0. The van der Waals surface area contributed by atoms with Gasteiger partial charge in [0.1, 0.15) is 0 Å². The lowest BCUT2D eigenvalue weighted by Gasteiger charge is -2.12. The zero-order valence-corrected chi connectivity index (χ0v) is 9.61. The normalized spacial score (nSPS) is 20.0. The van der Waals surface area contributed by atoms with E-state index in [0.29, 0.717) is 24.9 Å². The summed E-state index contributed by atoms with van der Waals surface area (Å²) in [5.74, 6) is 1.17. The highest BCUT2D eigenvalue weighted by molar-refractivity contribution is 5.27. The van der Waals surface area contributed by atoms with Crippen LogP contribution < -0.4 is 10.5 Å². The molecular weight excluding hydrogens is 204 g/mol. The summed E-state index contributed by atoms with van der Waals surface area (Å²) in [6.45, 7) is 4.72. The standard InChI is InChI=1S/C12H18N2O2/c1-9-2-3-11(6-13)12(14-9)16-8-10-4-5-15-7-10/h2-3,10H,4-8,13H2,1H3. The SMILES string of the molecule is Cc1ccc(CN)c(OCC2CCOC2)n1. The highest BCUT2D eigenvalue weighted by Gasteiger charge is 2.17. The van der Waals surface area contributed by atoms with E-state index in [1.165, 1.54) is 0 Å². The van der Waals surface area contributed by atoms with Crippen molar-refractivity contribution < 1.29 is 9.47 Å². The number of hydrogen-bond acceptors (Lipinski definition) is 4. The van der Waals surface area contributed by atoms with E-state index < -0.39 is 0 Å². The molecule has 2 rings (SSSR count). The molecule has 1 aromatic rings. The van der Waals surface area contributed by atoms with Gasteiger partial charge < -0.3 is 15.2 Å². The second-order valence-corrected chi connectivity index (χ2v) is 4.16. The van der Waals surface area contributed by atoms with Crippen molar-refractivity contribution in [1.29, 1.82) is 0 Å². The van der Waals surface area contributed by atoms with Crippen LogP contribution in [-0.4, -0.2) is 24.8 Å². The lowest BCUT2D eigenvalue weighted by molar-refractivity contribution is 0.165. The Hall–Kier alpha value is -1.13. The van der Waals surface area contributed by atoms with E-state index in [9.17, 15) is 0 Å². The maximum Gasteiger partial charge on any atom is 0.218 e. The van der Waals surface area contributed by atoms with Crippen molar-refractivity contribution in [2.75, 3.05) is 19.8 Å². The predicted molar refractivity (Wildman–Crippen MR) is 61.3 cm³/mol. The summed E-state index contributed by atoms with van der Waals surface area (Å²) in [6, 6.07) is 3.93. The lowest BCUT2D eigenvalue weighted by atomic mass is 10.1. The number of nitrogens with zero attached hydrogens (tertiary/aromatic N) is 1. The fraction of sp³-hybridized carbons (Fsp3) is 0.583. The summed E-state index contributed by atoms with van der Waals surface area (Å²) in [4.78, 5) is 4.36. The smallest absolute Gasteiger partial charge is 0.218 e. The van der Waals surface area contributed by atoms with Crippen molar-refractivity contribution in [3.05, 3.63) is 23.4 Å². The van der Waals surface area contributed by atoms with Crippen molar-refractivity contribution in [1.82, 2.24) is 4.98 Å². The van der Waals surface area contributed by atoms with Gasteiger partial charge in [0.05, 0.1) is 13.2 Å². The van der Waals surface area contributed by atoms with E-state index in [1.807, 2.05) is 19.1 Å². The lowest BCUT2D eigenvalue weighted by Crippen LogP contribution is -2.14. The molecule has 0 aromatic carbocycles. The zero-order valence-electron chi connectivity index (χ0n) is 9.61. The van der Waals surface area contributed by atoms with Crippen molar-refractivity contribution in [3.63, 3.8) is 0 Å². The molecule has 88 valence electrons. The number of aromatic nitrogens is 1. The fourth-order valence-electron chi connectivity index (χ4n) is 1.75. The zero-order chi connectivity index (χ0) is 11.4. The Labute approximate surface area is 95.8 Å². The third kappa shape index (κ3) is 2.71. The quantitative estimate of drug-likeness (QED) is 0.833. The second-order valence-electron chi connectivity index (χ2n) is 4.16. The average molecular weight is 222 g/mol. The fourth-order valence-corrected chi connectivity index (χ4v) is 1.75. The van der Waals surface area contributed by atoms with Gasteiger partial charge >= 0.3 is 0 Å². The monoisotopic (exact) mass is 222 g/mol. The highest BCUT2D eigenvalue weighted by atomic mass is 16.5. The molecule has 4 nitrogen and oxygen atoms in total. The van der Waals surface area contributed by atoms with Crippen LogP contribution in [0.2, 0.25) is 0 Å². The van der Waals surface area contributed by atoms with Crippen LogP contribution in [0.3, 0.4) is 0 Å². The van der Waals surface area contributed by atoms with E-state index in [-0.39, 0.29) is 0 Å². The van der Waals surface area contributed by atoms with Crippen LogP contribution >= 0.6 is 0 Å². The van der Waals surface area contributed by atoms with Gasteiger partial charge in [-0.05, 0) is 19.4 Å². The number of rotatable bonds is 4. The van der Waals surface area contributed by atoms with Crippen LogP contribution in [0.1, 0.15) is 17.7 Å². The van der Waals surface area contributed by atoms with Crippen LogP contribution in [0.15, 0.2) is 12.1 Å². The topological polar surface area (TPSA) is 57.4 Å². The molecule has 1 fully saturated rings. The molecule has 0 radical (unpaired) electrons. The largest absolute Gasteiger partial charge is 0.477 e. The summed E-state index contributed by atoms with van der Waals surface area (Å²) in [6.07, 6.45) is 1.07. The van der Waals surface area contributed by atoms with Gasteiger partial charge in [-0.3, -0.25) is 0 Å². The minimum Gasteiger partial charge on any atom is -0.477 e. The van der Waals surface area contributed by atoms with Crippen molar-refractivity contribution in [3.8, 4) is 5.88 Å². The molecule has 0 saturated carbocycles. The molecule has 4 heteroatoms. The van der Waals surface area contributed by atoms with Gasteiger partial charge in [0, 0.05) is 30.3 Å². The van der Waals surface area contributed by atoms with Gasteiger partial charge in [-0.25, -0.2) is 4.98 Å². The van der Waals surface area contributed by atoms with Gasteiger partial charge in [0.2, 0.25) is 5.88 Å². The third-order valence-electron chi connectivity index (χ3n) is 2.78. The molecule has 0 spiro atoms. The molecule has 1 unspecified atom stereocenters. The number of nitrogens with two attached hydrogens (primary N) is 1. The average Bonchev–Trinajstić information content (AvgIpc) is 2.79. The number of ether oxygens (including phenoxy) is 2. The molecule has 0 bridgehead atoms. The Kier molecular flexibility index (Phi) is 3.74. The van der Waals surface area contributed by atoms with Crippen LogP contribution in [0.4, 0.5) is 0 Å². The number of aryl methyl sites for hydroxylation is 1. The summed E-state index contributed by atoms with van der Waals surface area (Å²) >= 11 is 0. The van der Waals surface area contributed by atoms with Crippen molar-refractivity contribution >= 4 is 0 Å². The van der Waals surface area contributed by atoms with E-state index in [4.69, 9.17) is 15.2 Å².